The van der Waals surface area contributed by atoms with Gasteiger partial charge in [-0.3, -0.25) is 0 Å². The fourth-order valence-electron chi connectivity index (χ4n) is 2.50. The Bertz CT molecular complexity index is 550. The number of para-hydroxylation sites is 1. The summed E-state index contributed by atoms with van der Waals surface area (Å²) in [5.41, 5.74) is 3.31. The van der Waals surface area contributed by atoms with Gasteiger partial charge in [-0.15, -0.1) is 0 Å². The Balaban J connectivity index is 1.83. The topological polar surface area (TPSA) is 39.1 Å². The van der Waals surface area contributed by atoms with E-state index in [1.165, 1.54) is 0 Å². The molecule has 19 heavy (non-hydrogen) atoms. The number of aromatic nitrogens is 2. The lowest BCUT2D eigenvalue weighted by molar-refractivity contribution is 0.121. The number of rotatable bonds is 3. The van der Waals surface area contributed by atoms with E-state index in [-0.39, 0.29) is 6.10 Å². The molecule has 100 valence electrons. The number of hydrogen-bond donors (Lipinski definition) is 1. The highest BCUT2D eigenvalue weighted by Gasteiger charge is 2.25. The van der Waals surface area contributed by atoms with E-state index in [4.69, 9.17) is 4.74 Å². The lowest BCUT2D eigenvalue weighted by atomic mass is 10.1. The maximum absolute atomic E-state index is 5.58. The molecule has 0 amide bonds. The molecule has 2 aromatic rings. The summed E-state index contributed by atoms with van der Waals surface area (Å²) >= 11 is 0. The van der Waals surface area contributed by atoms with Gasteiger partial charge in [-0.25, -0.2) is 4.68 Å². The molecule has 1 saturated heterocycles. The third-order valence-corrected chi connectivity index (χ3v) is 3.73. The standard InChI is InChI=1S/C15H19N3O/c1-11-15(17-14-8-9-19-12(14)2)10-16-18(11)13-6-4-3-5-7-13/h3-7,10,12,14,17H,8-9H2,1-2H3/t12-,14-/m1/s1. The summed E-state index contributed by atoms with van der Waals surface area (Å²) in [6.07, 6.45) is 3.21. The number of hydrogen-bond acceptors (Lipinski definition) is 3. The Morgan fingerprint density at radius 3 is 2.79 bits per heavy atom. The van der Waals surface area contributed by atoms with E-state index in [1.807, 2.05) is 29.1 Å². The Morgan fingerprint density at radius 2 is 2.11 bits per heavy atom. The van der Waals surface area contributed by atoms with Crippen molar-refractivity contribution in [2.45, 2.75) is 32.4 Å². The molecule has 1 aromatic heterocycles. The van der Waals surface area contributed by atoms with Crippen LogP contribution in [0.2, 0.25) is 0 Å². The van der Waals surface area contributed by atoms with Gasteiger partial charge in [0.15, 0.2) is 0 Å². The van der Waals surface area contributed by atoms with Crippen molar-refractivity contribution >= 4 is 5.69 Å². The fourth-order valence-corrected chi connectivity index (χ4v) is 2.50. The van der Waals surface area contributed by atoms with Crippen molar-refractivity contribution in [2.24, 2.45) is 0 Å². The summed E-state index contributed by atoms with van der Waals surface area (Å²) in [5.74, 6) is 0. The van der Waals surface area contributed by atoms with Crippen molar-refractivity contribution in [3.8, 4) is 5.69 Å². The SMILES string of the molecule is Cc1c(N[C@@H]2CCO[C@@H]2C)cnn1-c1ccccc1. The Hall–Kier alpha value is -1.81. The molecule has 0 aliphatic carbocycles. The molecule has 3 rings (SSSR count). The van der Waals surface area contributed by atoms with Crippen LogP contribution in [0, 0.1) is 6.92 Å². The van der Waals surface area contributed by atoms with Gasteiger partial charge in [0, 0.05) is 6.61 Å². The van der Waals surface area contributed by atoms with E-state index >= 15 is 0 Å². The van der Waals surface area contributed by atoms with Crippen LogP contribution < -0.4 is 5.32 Å². The second-order valence-corrected chi connectivity index (χ2v) is 5.01. The number of nitrogens with one attached hydrogen (secondary N) is 1. The molecule has 0 spiro atoms. The van der Waals surface area contributed by atoms with Crippen LogP contribution in [0.1, 0.15) is 19.0 Å². The third kappa shape index (κ3) is 2.36. The van der Waals surface area contributed by atoms with Gasteiger partial charge in [0.05, 0.1) is 35.4 Å². The number of ether oxygens (including phenoxy) is 1. The van der Waals surface area contributed by atoms with Crippen LogP contribution in [0.3, 0.4) is 0 Å². The largest absolute Gasteiger partial charge is 0.377 e. The van der Waals surface area contributed by atoms with Crippen molar-refractivity contribution in [3.05, 3.63) is 42.2 Å². The molecule has 1 aromatic carbocycles. The van der Waals surface area contributed by atoms with Crippen LogP contribution in [-0.2, 0) is 4.74 Å². The van der Waals surface area contributed by atoms with Crippen molar-refractivity contribution in [1.82, 2.24) is 9.78 Å². The minimum Gasteiger partial charge on any atom is -0.377 e. The first-order valence-corrected chi connectivity index (χ1v) is 6.74. The highest BCUT2D eigenvalue weighted by molar-refractivity contribution is 5.50. The van der Waals surface area contributed by atoms with Crippen LogP contribution in [0.25, 0.3) is 5.69 Å². The zero-order valence-corrected chi connectivity index (χ0v) is 11.3. The molecular weight excluding hydrogens is 238 g/mol. The van der Waals surface area contributed by atoms with Gasteiger partial charge in [-0.2, -0.15) is 5.10 Å². The van der Waals surface area contributed by atoms with Gasteiger partial charge >= 0.3 is 0 Å². The third-order valence-electron chi connectivity index (χ3n) is 3.73. The van der Waals surface area contributed by atoms with E-state index in [0.29, 0.717) is 6.04 Å². The summed E-state index contributed by atoms with van der Waals surface area (Å²) in [6.45, 7) is 5.04. The molecule has 0 unspecified atom stereocenters. The lowest BCUT2D eigenvalue weighted by Gasteiger charge is -2.16. The second-order valence-electron chi connectivity index (χ2n) is 5.01. The van der Waals surface area contributed by atoms with E-state index in [9.17, 15) is 0 Å². The van der Waals surface area contributed by atoms with Gasteiger partial charge in [0.1, 0.15) is 0 Å². The zero-order valence-electron chi connectivity index (χ0n) is 11.3. The van der Waals surface area contributed by atoms with Crippen LogP contribution in [0.5, 0.6) is 0 Å². The molecular formula is C15H19N3O. The van der Waals surface area contributed by atoms with Gasteiger partial charge in [0.2, 0.25) is 0 Å². The van der Waals surface area contributed by atoms with E-state index in [1.54, 1.807) is 0 Å². The van der Waals surface area contributed by atoms with E-state index < -0.39 is 0 Å². The minimum atomic E-state index is 0.263. The van der Waals surface area contributed by atoms with Crippen molar-refractivity contribution in [2.75, 3.05) is 11.9 Å². The summed E-state index contributed by atoms with van der Waals surface area (Å²) in [6, 6.07) is 10.6. The van der Waals surface area contributed by atoms with Crippen molar-refractivity contribution < 1.29 is 4.74 Å². The van der Waals surface area contributed by atoms with Crippen LogP contribution in [-0.4, -0.2) is 28.5 Å². The predicted octanol–water partition coefficient (Wildman–Crippen LogP) is 2.77. The van der Waals surface area contributed by atoms with E-state index in [2.05, 4.69) is 36.4 Å². The predicted molar refractivity (Wildman–Crippen MR) is 75.7 cm³/mol. The molecule has 4 heteroatoms. The first-order chi connectivity index (χ1) is 9.25. The monoisotopic (exact) mass is 257 g/mol. The maximum atomic E-state index is 5.58. The quantitative estimate of drug-likeness (QED) is 0.919. The average molecular weight is 257 g/mol. The summed E-state index contributed by atoms with van der Waals surface area (Å²) in [4.78, 5) is 0. The van der Waals surface area contributed by atoms with E-state index in [0.717, 1.165) is 30.1 Å². The smallest absolute Gasteiger partial charge is 0.0764 e. The van der Waals surface area contributed by atoms with Crippen LogP contribution in [0.4, 0.5) is 5.69 Å². The number of anilines is 1. The van der Waals surface area contributed by atoms with Crippen LogP contribution in [0.15, 0.2) is 36.5 Å². The van der Waals surface area contributed by atoms with Crippen molar-refractivity contribution in [1.29, 1.82) is 0 Å². The molecule has 1 fully saturated rings. The van der Waals surface area contributed by atoms with Gasteiger partial charge < -0.3 is 10.1 Å². The normalized spacial score (nSPS) is 22.6. The molecule has 2 heterocycles. The number of benzene rings is 1. The maximum Gasteiger partial charge on any atom is 0.0764 e. The molecule has 0 saturated carbocycles. The summed E-state index contributed by atoms with van der Waals surface area (Å²) in [5, 5.41) is 8.01. The first kappa shape index (κ1) is 12.2. The Morgan fingerprint density at radius 1 is 1.32 bits per heavy atom. The molecule has 0 bridgehead atoms. The van der Waals surface area contributed by atoms with Crippen molar-refractivity contribution in [3.63, 3.8) is 0 Å². The summed E-state index contributed by atoms with van der Waals surface area (Å²) < 4.78 is 7.54. The van der Waals surface area contributed by atoms with Gasteiger partial charge in [0.25, 0.3) is 0 Å². The summed E-state index contributed by atoms with van der Waals surface area (Å²) in [7, 11) is 0. The fraction of sp³-hybridized carbons (Fsp3) is 0.400. The molecule has 4 nitrogen and oxygen atoms in total. The molecule has 1 aliphatic rings. The molecule has 2 atom stereocenters. The average Bonchev–Trinajstić information content (AvgIpc) is 2.99. The highest BCUT2D eigenvalue weighted by Crippen LogP contribution is 2.23. The molecule has 0 radical (unpaired) electrons. The second kappa shape index (κ2) is 5.05. The zero-order chi connectivity index (χ0) is 13.2. The number of nitrogens with zero attached hydrogens (tertiary/aromatic N) is 2. The Kier molecular flexibility index (Phi) is 3.25. The highest BCUT2D eigenvalue weighted by atomic mass is 16.5. The first-order valence-electron chi connectivity index (χ1n) is 6.74. The van der Waals surface area contributed by atoms with Gasteiger partial charge in [-0.05, 0) is 32.4 Å². The molecule has 1 aliphatic heterocycles. The van der Waals surface area contributed by atoms with Gasteiger partial charge in [-0.1, -0.05) is 18.2 Å². The lowest BCUT2D eigenvalue weighted by Crippen LogP contribution is -2.26. The van der Waals surface area contributed by atoms with Crippen LogP contribution >= 0.6 is 0 Å². The molecule has 1 N–H and O–H groups in total. The Labute approximate surface area is 113 Å². The minimum absolute atomic E-state index is 0.263.